The number of amides is 2. The van der Waals surface area contributed by atoms with Crippen molar-refractivity contribution < 1.29 is 19.4 Å². The van der Waals surface area contributed by atoms with Crippen molar-refractivity contribution in [2.24, 2.45) is 5.92 Å². The SMILES string of the molecule is CCC(C)C1NC(=O)C2C(CCN2C[OH2+])Oc2ccc(cc2)CCNC1=O. The van der Waals surface area contributed by atoms with Crippen LogP contribution in [-0.2, 0) is 16.0 Å². The van der Waals surface area contributed by atoms with Crippen molar-refractivity contribution in [1.29, 1.82) is 0 Å². The maximum atomic E-state index is 13.1. The van der Waals surface area contributed by atoms with E-state index in [-0.39, 0.29) is 30.6 Å². The van der Waals surface area contributed by atoms with Crippen molar-refractivity contribution in [2.45, 2.75) is 51.3 Å². The molecule has 1 aromatic carbocycles. The molecule has 3 heterocycles. The number of benzene rings is 1. The van der Waals surface area contributed by atoms with Gasteiger partial charge in [-0.15, -0.1) is 0 Å². The summed E-state index contributed by atoms with van der Waals surface area (Å²) in [5.74, 6) is 0.358. The molecule has 0 aliphatic carbocycles. The number of hydrogen-bond acceptors (Lipinski definition) is 4. The number of ether oxygens (including phenoxy) is 1. The summed E-state index contributed by atoms with van der Waals surface area (Å²) >= 11 is 0. The maximum absolute atomic E-state index is 13.1. The first-order valence-electron chi connectivity index (χ1n) is 9.75. The van der Waals surface area contributed by atoms with Crippen LogP contribution in [0.2, 0.25) is 0 Å². The lowest BCUT2D eigenvalue weighted by Gasteiger charge is -2.29. The second-order valence-electron chi connectivity index (χ2n) is 7.42. The Morgan fingerprint density at radius 1 is 1.26 bits per heavy atom. The van der Waals surface area contributed by atoms with E-state index in [1.807, 2.05) is 38.1 Å². The molecular weight excluding hydrogens is 346 g/mol. The van der Waals surface area contributed by atoms with Crippen molar-refractivity contribution >= 4 is 11.8 Å². The maximum Gasteiger partial charge on any atom is 0.242 e. The lowest BCUT2D eigenvalue weighted by atomic mass is 9.97. The van der Waals surface area contributed by atoms with Gasteiger partial charge in [-0.3, -0.25) is 9.59 Å². The Balaban J connectivity index is 1.91. The van der Waals surface area contributed by atoms with Gasteiger partial charge in [-0.25, -0.2) is 4.90 Å². The summed E-state index contributed by atoms with van der Waals surface area (Å²) in [5, 5.41) is 13.7. The highest BCUT2D eigenvalue weighted by Crippen LogP contribution is 2.25. The van der Waals surface area contributed by atoms with Crippen LogP contribution >= 0.6 is 0 Å². The van der Waals surface area contributed by atoms with Crippen LogP contribution in [0.4, 0.5) is 0 Å². The normalized spacial score (nSPS) is 27.9. The quantitative estimate of drug-likeness (QED) is 0.747. The Morgan fingerprint density at radius 3 is 2.67 bits per heavy atom. The first-order valence-corrected chi connectivity index (χ1v) is 9.75. The highest BCUT2D eigenvalue weighted by atomic mass is 16.5. The van der Waals surface area contributed by atoms with E-state index in [0.29, 0.717) is 19.5 Å². The average molecular weight is 376 g/mol. The molecule has 7 nitrogen and oxygen atoms in total. The highest BCUT2D eigenvalue weighted by Gasteiger charge is 2.43. The summed E-state index contributed by atoms with van der Waals surface area (Å²) in [6, 6.07) is 6.65. The van der Waals surface area contributed by atoms with Gasteiger partial charge in [-0.1, -0.05) is 32.4 Å². The zero-order valence-electron chi connectivity index (χ0n) is 16.0. The third-order valence-electron chi connectivity index (χ3n) is 5.64. The van der Waals surface area contributed by atoms with Crippen LogP contribution in [0.25, 0.3) is 0 Å². The molecule has 1 aromatic rings. The number of carbonyl (C=O) groups is 2. The summed E-state index contributed by atoms with van der Waals surface area (Å²) in [7, 11) is 0. The second kappa shape index (κ2) is 8.71. The van der Waals surface area contributed by atoms with Crippen LogP contribution < -0.4 is 15.4 Å². The molecule has 1 saturated heterocycles. The Morgan fingerprint density at radius 2 is 2.00 bits per heavy atom. The molecule has 2 amide bonds. The summed E-state index contributed by atoms with van der Waals surface area (Å²) in [4.78, 5) is 27.6. The third-order valence-corrected chi connectivity index (χ3v) is 5.64. The molecule has 3 aliphatic heterocycles. The van der Waals surface area contributed by atoms with E-state index >= 15 is 0 Å². The second-order valence-corrected chi connectivity index (χ2v) is 7.42. The molecule has 0 spiro atoms. The monoisotopic (exact) mass is 376 g/mol. The zero-order valence-corrected chi connectivity index (χ0v) is 16.0. The fourth-order valence-electron chi connectivity index (χ4n) is 3.75. The van der Waals surface area contributed by atoms with E-state index in [9.17, 15) is 9.59 Å². The van der Waals surface area contributed by atoms with Gasteiger partial charge in [0.05, 0.1) is 0 Å². The van der Waals surface area contributed by atoms with Crippen LogP contribution in [0.3, 0.4) is 0 Å². The number of rotatable bonds is 3. The molecule has 4 N–H and O–H groups in total. The Labute approximate surface area is 160 Å². The third kappa shape index (κ3) is 4.42. The van der Waals surface area contributed by atoms with Crippen molar-refractivity contribution in [1.82, 2.24) is 15.5 Å². The van der Waals surface area contributed by atoms with Crippen LogP contribution in [0.5, 0.6) is 5.75 Å². The molecule has 7 heteroatoms. The molecule has 4 atom stereocenters. The van der Waals surface area contributed by atoms with Gasteiger partial charge < -0.3 is 20.5 Å². The topological polar surface area (TPSA) is 93.6 Å². The molecule has 0 aromatic heterocycles. The molecule has 0 radical (unpaired) electrons. The Bertz CT molecular complexity index is 664. The molecule has 4 rings (SSSR count). The van der Waals surface area contributed by atoms with Crippen molar-refractivity contribution in [3.05, 3.63) is 29.8 Å². The highest BCUT2D eigenvalue weighted by molar-refractivity contribution is 5.90. The predicted octanol–water partition coefficient (Wildman–Crippen LogP) is 0.394. The van der Waals surface area contributed by atoms with Crippen molar-refractivity contribution in [2.75, 3.05) is 19.8 Å². The Hall–Kier alpha value is -2.12. The lowest BCUT2D eigenvalue weighted by molar-refractivity contribution is -0.134. The van der Waals surface area contributed by atoms with Gasteiger partial charge >= 0.3 is 0 Å². The Kier molecular flexibility index (Phi) is 6.34. The van der Waals surface area contributed by atoms with Crippen LogP contribution in [0.1, 0.15) is 32.3 Å². The smallest absolute Gasteiger partial charge is 0.242 e. The largest absolute Gasteiger partial charge is 0.488 e. The molecule has 0 saturated carbocycles. The van der Waals surface area contributed by atoms with Gasteiger partial charge in [0, 0.05) is 13.1 Å². The first kappa shape index (κ1) is 19.6. The first-order chi connectivity index (χ1) is 13.0. The van der Waals surface area contributed by atoms with E-state index in [4.69, 9.17) is 9.84 Å². The van der Waals surface area contributed by atoms with Gasteiger partial charge in [0.1, 0.15) is 23.9 Å². The fourth-order valence-corrected chi connectivity index (χ4v) is 3.75. The molecule has 1 fully saturated rings. The number of fused-ring (bicyclic) bond motifs is 8. The van der Waals surface area contributed by atoms with Gasteiger partial charge in [0.15, 0.2) is 0 Å². The van der Waals surface area contributed by atoms with E-state index in [0.717, 1.165) is 24.2 Å². The van der Waals surface area contributed by atoms with E-state index < -0.39 is 12.1 Å². The van der Waals surface area contributed by atoms with Crippen LogP contribution in [-0.4, -0.2) is 59.8 Å². The van der Waals surface area contributed by atoms with Crippen LogP contribution in [0, 0.1) is 5.92 Å². The molecule has 2 bridgehead atoms. The average Bonchev–Trinajstić information content (AvgIpc) is 3.08. The van der Waals surface area contributed by atoms with E-state index in [1.54, 1.807) is 4.90 Å². The van der Waals surface area contributed by atoms with E-state index in [1.165, 1.54) is 0 Å². The predicted molar refractivity (Wildman–Crippen MR) is 103 cm³/mol. The van der Waals surface area contributed by atoms with E-state index in [2.05, 4.69) is 10.6 Å². The minimum Gasteiger partial charge on any atom is -0.488 e. The standard InChI is InChI=1S/C20H29N3O4/c1-3-13(2)17-19(25)21-10-8-14-4-6-15(7-5-14)27-16-9-11-23(12-24)18(16)20(26)22-17/h4-7,13,16-18,24H,3,8-12H2,1-2H3,(H,21,25)(H,22,26)/p+1. The minimum absolute atomic E-state index is 0.0188. The summed E-state index contributed by atoms with van der Waals surface area (Å²) in [6.07, 6.45) is 1.86. The number of nitrogens with zero attached hydrogens (tertiary/aromatic N) is 1. The number of hydrogen-bond donors (Lipinski definition) is 2. The van der Waals surface area contributed by atoms with Gasteiger partial charge in [-0.2, -0.15) is 0 Å². The minimum atomic E-state index is -0.583. The summed E-state index contributed by atoms with van der Waals surface area (Å²) < 4.78 is 6.10. The van der Waals surface area contributed by atoms with Crippen molar-refractivity contribution in [3.63, 3.8) is 0 Å². The zero-order chi connectivity index (χ0) is 19.4. The van der Waals surface area contributed by atoms with Crippen molar-refractivity contribution in [3.8, 4) is 5.75 Å². The lowest BCUT2D eigenvalue weighted by Crippen LogP contribution is -2.57. The molecule has 4 unspecified atom stereocenters. The van der Waals surface area contributed by atoms with Crippen LogP contribution in [0.15, 0.2) is 24.3 Å². The molecule has 3 aliphatic rings. The molecule has 148 valence electrons. The van der Waals surface area contributed by atoms with Gasteiger partial charge in [0.2, 0.25) is 18.5 Å². The molecular formula is C20H30N3O4+. The number of carbonyl (C=O) groups excluding carboxylic acids is 2. The summed E-state index contributed by atoms with van der Waals surface area (Å²) in [5.41, 5.74) is 1.12. The fraction of sp³-hybridized carbons (Fsp3) is 0.600. The summed E-state index contributed by atoms with van der Waals surface area (Å²) in [6.45, 7) is 5.15. The molecule has 27 heavy (non-hydrogen) atoms. The number of nitrogens with one attached hydrogen (secondary N) is 2. The number of likely N-dealkylation sites (tertiary alicyclic amines) is 1. The van der Waals surface area contributed by atoms with Gasteiger partial charge in [-0.05, 0) is 36.5 Å². The van der Waals surface area contributed by atoms with Gasteiger partial charge in [0.25, 0.3) is 0 Å².